The molecular weight excluding hydrogens is 377 g/mol. The second-order valence-electron chi connectivity index (χ2n) is 5.43. The van der Waals surface area contributed by atoms with Gasteiger partial charge in [0.15, 0.2) is 0 Å². The highest BCUT2D eigenvalue weighted by Crippen LogP contribution is 2.25. The van der Waals surface area contributed by atoms with Crippen LogP contribution in [0.5, 0.6) is 0 Å². The lowest BCUT2D eigenvalue weighted by atomic mass is 10.2. The number of halogens is 3. The number of rotatable bonds is 5. The van der Waals surface area contributed by atoms with Crippen LogP contribution in [0.15, 0.2) is 18.2 Å². The molecular formula is C15H20Cl3N3O3. The Kier molecular flexibility index (Phi) is 8.26. The van der Waals surface area contributed by atoms with Gasteiger partial charge in [-0.15, -0.1) is 12.4 Å². The van der Waals surface area contributed by atoms with Crippen LogP contribution in [0.2, 0.25) is 10.0 Å². The van der Waals surface area contributed by atoms with E-state index < -0.39 is 6.10 Å². The van der Waals surface area contributed by atoms with Gasteiger partial charge in [-0.2, -0.15) is 0 Å². The maximum Gasteiger partial charge on any atom is 0.251 e. The largest absolute Gasteiger partial charge is 0.364 e. The highest BCUT2D eigenvalue weighted by Gasteiger charge is 2.32. The number of hydrogen-bond donors (Lipinski definition) is 2. The van der Waals surface area contributed by atoms with Gasteiger partial charge in [0, 0.05) is 19.3 Å². The molecule has 1 aromatic rings. The van der Waals surface area contributed by atoms with E-state index in [4.69, 9.17) is 33.7 Å². The van der Waals surface area contributed by atoms with E-state index in [0.717, 1.165) is 6.42 Å². The number of ether oxygens (including phenoxy) is 1. The van der Waals surface area contributed by atoms with E-state index in [1.165, 1.54) is 4.90 Å². The van der Waals surface area contributed by atoms with E-state index in [1.807, 2.05) is 0 Å². The minimum atomic E-state index is -0.522. The van der Waals surface area contributed by atoms with E-state index in [-0.39, 0.29) is 36.9 Å². The summed E-state index contributed by atoms with van der Waals surface area (Å²) in [5, 5.41) is 3.42. The Morgan fingerprint density at radius 3 is 2.62 bits per heavy atom. The fourth-order valence-electron chi connectivity index (χ4n) is 2.37. The number of carbonyl (C=O) groups excluding carboxylic acids is 2. The molecule has 1 aliphatic rings. The van der Waals surface area contributed by atoms with Gasteiger partial charge in [-0.1, -0.05) is 23.2 Å². The van der Waals surface area contributed by atoms with E-state index >= 15 is 0 Å². The lowest BCUT2D eigenvalue weighted by Crippen LogP contribution is -2.41. The summed E-state index contributed by atoms with van der Waals surface area (Å²) in [7, 11) is 1.57. The van der Waals surface area contributed by atoms with E-state index in [9.17, 15) is 9.59 Å². The second-order valence-corrected chi connectivity index (χ2v) is 6.25. The molecule has 1 saturated heterocycles. The van der Waals surface area contributed by atoms with Gasteiger partial charge in [0.1, 0.15) is 6.10 Å². The number of nitrogens with two attached hydrogens (primary N) is 1. The predicted octanol–water partition coefficient (Wildman–Crippen LogP) is 2.32. The molecule has 1 fully saturated rings. The van der Waals surface area contributed by atoms with E-state index in [0.29, 0.717) is 28.7 Å². The molecule has 2 rings (SSSR count). The zero-order valence-corrected chi connectivity index (χ0v) is 15.5. The Hall–Kier alpha value is -1.05. The van der Waals surface area contributed by atoms with Gasteiger partial charge < -0.3 is 20.7 Å². The molecule has 0 aliphatic carbocycles. The van der Waals surface area contributed by atoms with Gasteiger partial charge in [-0.05, 0) is 31.0 Å². The molecule has 0 unspecified atom stereocenters. The molecule has 134 valence electrons. The zero-order chi connectivity index (χ0) is 17.0. The fraction of sp³-hybridized carbons (Fsp3) is 0.467. The SMILES string of the molecule is CN(CC(=O)Nc1ccc(Cl)c(Cl)c1)C(=O)[C@@H]1CC[C@H](CN)O1.Cl. The third-order valence-corrected chi connectivity index (χ3v) is 4.35. The first-order valence-electron chi connectivity index (χ1n) is 7.26. The Balaban J connectivity index is 0.00000288. The summed E-state index contributed by atoms with van der Waals surface area (Å²) in [5.74, 6) is -0.544. The molecule has 1 heterocycles. The summed E-state index contributed by atoms with van der Waals surface area (Å²) in [4.78, 5) is 25.6. The van der Waals surface area contributed by atoms with Crippen molar-refractivity contribution in [2.45, 2.75) is 25.0 Å². The number of anilines is 1. The molecule has 3 N–H and O–H groups in total. The van der Waals surface area contributed by atoms with E-state index in [2.05, 4.69) is 5.32 Å². The molecule has 2 amide bonds. The smallest absolute Gasteiger partial charge is 0.251 e. The number of hydrogen-bond acceptors (Lipinski definition) is 4. The molecule has 0 radical (unpaired) electrons. The van der Waals surface area contributed by atoms with Crippen molar-refractivity contribution < 1.29 is 14.3 Å². The van der Waals surface area contributed by atoms with Gasteiger partial charge in [-0.3, -0.25) is 9.59 Å². The summed E-state index contributed by atoms with van der Waals surface area (Å²) < 4.78 is 5.54. The van der Waals surface area contributed by atoms with Crippen LogP contribution in [0.1, 0.15) is 12.8 Å². The molecule has 0 saturated carbocycles. The first-order chi connectivity index (χ1) is 10.9. The number of nitrogens with zero attached hydrogens (tertiary/aromatic N) is 1. The monoisotopic (exact) mass is 395 g/mol. The Labute approximate surface area is 157 Å². The minimum Gasteiger partial charge on any atom is -0.364 e. The first-order valence-corrected chi connectivity index (χ1v) is 8.01. The van der Waals surface area contributed by atoms with Crippen LogP contribution in [-0.2, 0) is 14.3 Å². The van der Waals surface area contributed by atoms with Gasteiger partial charge in [0.25, 0.3) is 5.91 Å². The summed E-state index contributed by atoms with van der Waals surface area (Å²) in [6.45, 7) is 0.317. The number of benzene rings is 1. The molecule has 6 nitrogen and oxygen atoms in total. The number of amides is 2. The lowest BCUT2D eigenvalue weighted by Gasteiger charge is -2.21. The third-order valence-electron chi connectivity index (χ3n) is 3.61. The number of nitrogens with one attached hydrogen (secondary N) is 1. The van der Waals surface area contributed by atoms with Gasteiger partial charge in [0.2, 0.25) is 5.91 Å². The molecule has 0 aromatic heterocycles. The predicted molar refractivity (Wildman–Crippen MR) is 96.9 cm³/mol. The van der Waals surface area contributed by atoms with Crippen LogP contribution < -0.4 is 11.1 Å². The molecule has 2 atom stereocenters. The van der Waals surface area contributed by atoms with Crippen molar-refractivity contribution in [3.8, 4) is 0 Å². The van der Waals surface area contributed by atoms with E-state index in [1.54, 1.807) is 25.2 Å². The average Bonchev–Trinajstić information content (AvgIpc) is 2.99. The van der Waals surface area contributed by atoms with Crippen molar-refractivity contribution in [2.24, 2.45) is 5.73 Å². The Morgan fingerprint density at radius 1 is 1.33 bits per heavy atom. The fourth-order valence-corrected chi connectivity index (χ4v) is 2.67. The molecule has 0 spiro atoms. The lowest BCUT2D eigenvalue weighted by molar-refractivity contribution is -0.143. The first kappa shape index (κ1) is 21.0. The quantitative estimate of drug-likeness (QED) is 0.800. The maximum absolute atomic E-state index is 12.2. The van der Waals surface area contributed by atoms with Gasteiger partial charge >= 0.3 is 0 Å². The Bertz CT molecular complexity index is 601. The van der Waals surface area contributed by atoms with Gasteiger partial charge in [0.05, 0.1) is 22.7 Å². The standard InChI is InChI=1S/C15H19Cl2N3O3.ClH/c1-20(15(22)13-5-3-10(7-18)23-13)8-14(21)19-9-2-4-11(16)12(17)6-9;/h2,4,6,10,13H,3,5,7-8,18H2,1H3,(H,19,21);1H/t10-,13+;/m1./s1. The molecule has 0 bridgehead atoms. The van der Waals surface area contributed by atoms with Gasteiger partial charge in [-0.25, -0.2) is 0 Å². The highest BCUT2D eigenvalue weighted by molar-refractivity contribution is 6.42. The van der Waals surface area contributed by atoms with Crippen LogP contribution in [0.25, 0.3) is 0 Å². The molecule has 9 heteroatoms. The van der Waals surface area contributed by atoms with Crippen molar-refractivity contribution in [3.05, 3.63) is 28.2 Å². The number of carbonyl (C=O) groups is 2. The minimum absolute atomic E-state index is 0. The summed E-state index contributed by atoms with van der Waals surface area (Å²) >= 11 is 11.7. The zero-order valence-electron chi connectivity index (χ0n) is 13.1. The molecule has 1 aromatic carbocycles. The van der Waals surface area contributed by atoms with Crippen LogP contribution in [-0.4, -0.2) is 49.1 Å². The van der Waals surface area contributed by atoms with Crippen LogP contribution in [0, 0.1) is 0 Å². The number of likely N-dealkylation sites (N-methyl/N-ethyl adjacent to an activating group) is 1. The van der Waals surface area contributed by atoms with Crippen molar-refractivity contribution in [3.63, 3.8) is 0 Å². The molecule has 24 heavy (non-hydrogen) atoms. The summed E-state index contributed by atoms with van der Waals surface area (Å²) in [5.41, 5.74) is 6.05. The second kappa shape index (κ2) is 9.44. The van der Waals surface area contributed by atoms with Crippen molar-refractivity contribution in [2.75, 3.05) is 25.5 Å². The third kappa shape index (κ3) is 5.50. The Morgan fingerprint density at radius 2 is 2.04 bits per heavy atom. The average molecular weight is 397 g/mol. The molecule has 1 aliphatic heterocycles. The topological polar surface area (TPSA) is 84.7 Å². The maximum atomic E-state index is 12.2. The normalized spacial score (nSPS) is 19.5. The van der Waals surface area contributed by atoms with Crippen LogP contribution in [0.3, 0.4) is 0 Å². The van der Waals surface area contributed by atoms with Crippen molar-refractivity contribution in [1.82, 2.24) is 4.90 Å². The highest BCUT2D eigenvalue weighted by atomic mass is 35.5. The van der Waals surface area contributed by atoms with Crippen LogP contribution >= 0.6 is 35.6 Å². The van der Waals surface area contributed by atoms with Crippen molar-refractivity contribution >= 4 is 53.1 Å². The summed E-state index contributed by atoms with van der Waals surface area (Å²) in [6.07, 6.45) is 0.782. The van der Waals surface area contributed by atoms with Crippen molar-refractivity contribution in [1.29, 1.82) is 0 Å². The summed E-state index contributed by atoms with van der Waals surface area (Å²) in [6, 6.07) is 4.78. The van der Waals surface area contributed by atoms with Crippen LogP contribution in [0.4, 0.5) is 5.69 Å².